The largest absolute Gasteiger partial charge is 0.494 e. The molecule has 1 aliphatic heterocycles. The summed E-state index contributed by atoms with van der Waals surface area (Å²) < 4.78 is 11.5. The summed E-state index contributed by atoms with van der Waals surface area (Å²) in [6.45, 7) is 7.94. The number of hydrogen-bond acceptors (Lipinski definition) is 3. The van der Waals surface area contributed by atoms with Crippen LogP contribution < -0.4 is 10.1 Å². The molecule has 1 saturated heterocycles. The number of ether oxygens (including phenoxy) is 2. The highest BCUT2D eigenvalue weighted by atomic mass is 16.5. The normalized spacial score (nSPS) is 20.2. The van der Waals surface area contributed by atoms with Gasteiger partial charge >= 0.3 is 0 Å². The van der Waals surface area contributed by atoms with Gasteiger partial charge in [0.1, 0.15) is 5.75 Å². The summed E-state index contributed by atoms with van der Waals surface area (Å²) in [6.07, 6.45) is 4.59. The van der Waals surface area contributed by atoms with E-state index in [0.717, 1.165) is 45.0 Å². The Bertz CT molecular complexity index is 402. The summed E-state index contributed by atoms with van der Waals surface area (Å²) in [5.74, 6) is 1.54. The molecule has 1 aromatic carbocycles. The van der Waals surface area contributed by atoms with Crippen molar-refractivity contribution in [3.05, 3.63) is 29.8 Å². The van der Waals surface area contributed by atoms with E-state index < -0.39 is 0 Å². The quantitative estimate of drug-likeness (QED) is 0.787. The zero-order valence-corrected chi connectivity index (χ0v) is 13.4. The molecular formula is C18H29NO2. The third kappa shape index (κ3) is 5.01. The van der Waals surface area contributed by atoms with Gasteiger partial charge in [0.2, 0.25) is 0 Å². The molecule has 2 rings (SSSR count). The molecule has 0 radical (unpaired) electrons. The van der Waals surface area contributed by atoms with Crippen molar-refractivity contribution in [2.24, 2.45) is 5.92 Å². The van der Waals surface area contributed by atoms with Gasteiger partial charge in [0.05, 0.1) is 13.2 Å². The Morgan fingerprint density at radius 3 is 2.95 bits per heavy atom. The highest BCUT2D eigenvalue weighted by Gasteiger charge is 2.25. The van der Waals surface area contributed by atoms with Gasteiger partial charge in [-0.15, -0.1) is 0 Å². The fourth-order valence-corrected chi connectivity index (χ4v) is 2.90. The van der Waals surface area contributed by atoms with E-state index in [9.17, 15) is 0 Å². The van der Waals surface area contributed by atoms with Crippen molar-refractivity contribution in [1.82, 2.24) is 5.32 Å². The van der Waals surface area contributed by atoms with Crippen molar-refractivity contribution in [3.63, 3.8) is 0 Å². The molecule has 0 spiro atoms. The minimum Gasteiger partial charge on any atom is -0.494 e. The van der Waals surface area contributed by atoms with Crippen molar-refractivity contribution >= 4 is 0 Å². The van der Waals surface area contributed by atoms with Crippen LogP contribution in [0.4, 0.5) is 0 Å². The van der Waals surface area contributed by atoms with Crippen molar-refractivity contribution in [2.75, 3.05) is 26.4 Å². The van der Waals surface area contributed by atoms with Gasteiger partial charge in [0.15, 0.2) is 0 Å². The van der Waals surface area contributed by atoms with Gasteiger partial charge in [0.25, 0.3) is 0 Å². The first-order valence-electron chi connectivity index (χ1n) is 8.39. The Morgan fingerprint density at radius 2 is 2.24 bits per heavy atom. The van der Waals surface area contributed by atoms with Crippen LogP contribution in [0.5, 0.6) is 5.75 Å². The molecule has 3 nitrogen and oxygen atoms in total. The van der Waals surface area contributed by atoms with Gasteiger partial charge in [0, 0.05) is 18.6 Å². The molecule has 21 heavy (non-hydrogen) atoms. The third-order valence-corrected chi connectivity index (χ3v) is 3.97. The molecule has 0 aromatic heterocycles. The fourth-order valence-electron chi connectivity index (χ4n) is 2.90. The maximum absolute atomic E-state index is 5.78. The molecule has 1 fully saturated rings. The van der Waals surface area contributed by atoms with Gasteiger partial charge in [-0.3, -0.25) is 0 Å². The lowest BCUT2D eigenvalue weighted by Gasteiger charge is -2.31. The maximum Gasteiger partial charge on any atom is 0.119 e. The Hall–Kier alpha value is -1.06. The Kier molecular flexibility index (Phi) is 7.04. The van der Waals surface area contributed by atoms with E-state index in [1.807, 2.05) is 6.07 Å². The van der Waals surface area contributed by atoms with Crippen LogP contribution in [0, 0.1) is 5.92 Å². The van der Waals surface area contributed by atoms with Crippen LogP contribution in [-0.4, -0.2) is 26.4 Å². The fraction of sp³-hybridized carbons (Fsp3) is 0.667. The molecule has 2 atom stereocenters. The van der Waals surface area contributed by atoms with Crippen molar-refractivity contribution in [2.45, 2.75) is 45.6 Å². The molecule has 0 bridgehead atoms. The monoisotopic (exact) mass is 291 g/mol. The summed E-state index contributed by atoms with van der Waals surface area (Å²) >= 11 is 0. The van der Waals surface area contributed by atoms with E-state index in [1.54, 1.807) is 0 Å². The Balaban J connectivity index is 2.10. The minimum atomic E-state index is 0.371. The first-order chi connectivity index (χ1) is 10.3. The number of hydrogen-bond donors (Lipinski definition) is 1. The average molecular weight is 291 g/mol. The van der Waals surface area contributed by atoms with Crippen LogP contribution in [0.2, 0.25) is 0 Å². The SMILES string of the molecule is CCCNC(c1cccc(OCCC)c1)C1CCCOC1. The van der Waals surface area contributed by atoms with Crippen LogP contribution in [0.1, 0.15) is 51.1 Å². The van der Waals surface area contributed by atoms with E-state index in [4.69, 9.17) is 9.47 Å². The zero-order valence-electron chi connectivity index (χ0n) is 13.4. The molecule has 3 heteroatoms. The van der Waals surface area contributed by atoms with Crippen LogP contribution in [0.3, 0.4) is 0 Å². The van der Waals surface area contributed by atoms with Gasteiger partial charge in [-0.25, -0.2) is 0 Å². The lowest BCUT2D eigenvalue weighted by atomic mass is 9.88. The number of benzene rings is 1. The predicted molar refractivity (Wildman–Crippen MR) is 86.8 cm³/mol. The average Bonchev–Trinajstić information content (AvgIpc) is 2.55. The minimum absolute atomic E-state index is 0.371. The van der Waals surface area contributed by atoms with Gasteiger partial charge < -0.3 is 14.8 Å². The highest BCUT2D eigenvalue weighted by molar-refractivity contribution is 5.31. The third-order valence-electron chi connectivity index (χ3n) is 3.97. The molecule has 0 saturated carbocycles. The molecule has 1 N–H and O–H groups in total. The molecular weight excluding hydrogens is 262 g/mol. The van der Waals surface area contributed by atoms with E-state index in [1.165, 1.54) is 18.4 Å². The van der Waals surface area contributed by atoms with Gasteiger partial charge in [-0.2, -0.15) is 0 Å². The zero-order chi connectivity index (χ0) is 14.9. The van der Waals surface area contributed by atoms with Crippen LogP contribution in [0.25, 0.3) is 0 Å². The summed E-state index contributed by atoms with van der Waals surface area (Å²) in [7, 11) is 0. The van der Waals surface area contributed by atoms with Gasteiger partial charge in [-0.05, 0) is 49.9 Å². The topological polar surface area (TPSA) is 30.5 Å². The van der Waals surface area contributed by atoms with Crippen molar-refractivity contribution in [3.8, 4) is 5.75 Å². The lowest BCUT2D eigenvalue weighted by Crippen LogP contribution is -2.33. The first kappa shape index (κ1) is 16.3. The van der Waals surface area contributed by atoms with Crippen LogP contribution >= 0.6 is 0 Å². The summed E-state index contributed by atoms with van der Waals surface area (Å²) in [6, 6.07) is 8.92. The summed E-state index contributed by atoms with van der Waals surface area (Å²) in [4.78, 5) is 0. The summed E-state index contributed by atoms with van der Waals surface area (Å²) in [5.41, 5.74) is 1.33. The van der Waals surface area contributed by atoms with E-state index in [-0.39, 0.29) is 0 Å². The molecule has 2 unspecified atom stereocenters. The molecule has 1 aromatic rings. The highest BCUT2D eigenvalue weighted by Crippen LogP contribution is 2.30. The van der Waals surface area contributed by atoms with Crippen molar-refractivity contribution in [1.29, 1.82) is 0 Å². The first-order valence-corrected chi connectivity index (χ1v) is 8.39. The summed E-state index contributed by atoms with van der Waals surface area (Å²) in [5, 5.41) is 3.70. The molecule has 1 heterocycles. The lowest BCUT2D eigenvalue weighted by molar-refractivity contribution is 0.0390. The van der Waals surface area contributed by atoms with E-state index in [2.05, 4.69) is 37.4 Å². The number of nitrogens with one attached hydrogen (secondary N) is 1. The second-order valence-electron chi connectivity index (χ2n) is 5.83. The molecule has 0 amide bonds. The molecule has 1 aliphatic rings. The van der Waals surface area contributed by atoms with E-state index in [0.29, 0.717) is 12.0 Å². The molecule has 0 aliphatic carbocycles. The maximum atomic E-state index is 5.78. The smallest absolute Gasteiger partial charge is 0.119 e. The Morgan fingerprint density at radius 1 is 1.33 bits per heavy atom. The Labute approximate surface area is 129 Å². The van der Waals surface area contributed by atoms with Crippen molar-refractivity contribution < 1.29 is 9.47 Å². The number of rotatable bonds is 8. The second-order valence-corrected chi connectivity index (χ2v) is 5.83. The van der Waals surface area contributed by atoms with E-state index >= 15 is 0 Å². The van der Waals surface area contributed by atoms with Crippen LogP contribution in [0.15, 0.2) is 24.3 Å². The van der Waals surface area contributed by atoms with Crippen LogP contribution in [-0.2, 0) is 4.74 Å². The van der Waals surface area contributed by atoms with Gasteiger partial charge in [-0.1, -0.05) is 26.0 Å². The standard InChI is InChI=1S/C18H29NO2/c1-3-10-19-18(16-8-6-12-20-14-16)15-7-5-9-17(13-15)21-11-4-2/h5,7,9,13,16,18-19H,3-4,6,8,10-12,14H2,1-2H3. The predicted octanol–water partition coefficient (Wildman–Crippen LogP) is 3.94. The molecule has 118 valence electrons. The second kappa shape index (κ2) is 9.06.